The van der Waals surface area contributed by atoms with Gasteiger partial charge in [-0.1, -0.05) is 30.0 Å². The molecule has 2 aromatic heterocycles. The van der Waals surface area contributed by atoms with Crippen molar-refractivity contribution in [3.8, 4) is 0 Å². The van der Waals surface area contributed by atoms with E-state index in [9.17, 15) is 0 Å². The van der Waals surface area contributed by atoms with Crippen molar-refractivity contribution in [2.75, 3.05) is 5.73 Å². The maximum atomic E-state index is 6.00. The Hall–Kier alpha value is -1.66. The minimum atomic E-state index is 0.590. The Balaban J connectivity index is 1.86. The third-order valence-electron chi connectivity index (χ3n) is 2.70. The van der Waals surface area contributed by atoms with Crippen LogP contribution in [0.5, 0.6) is 0 Å². The van der Waals surface area contributed by atoms with Gasteiger partial charge in [0.25, 0.3) is 0 Å². The van der Waals surface area contributed by atoms with Gasteiger partial charge in [-0.3, -0.25) is 0 Å². The number of benzene rings is 1. The van der Waals surface area contributed by atoms with Gasteiger partial charge in [-0.05, 0) is 30.6 Å². The molecule has 0 spiro atoms. The Morgan fingerprint density at radius 1 is 1.26 bits per heavy atom. The van der Waals surface area contributed by atoms with Crippen molar-refractivity contribution in [1.82, 2.24) is 14.3 Å². The third-order valence-corrected chi connectivity index (χ3v) is 4.67. The second-order valence-electron chi connectivity index (χ2n) is 4.12. The first-order valence-corrected chi connectivity index (χ1v) is 7.55. The molecule has 96 valence electrons. The lowest BCUT2D eigenvalue weighted by atomic mass is 10.1. The lowest BCUT2D eigenvalue weighted by Gasteiger charge is -2.05. The van der Waals surface area contributed by atoms with Crippen LogP contribution < -0.4 is 5.73 Å². The van der Waals surface area contributed by atoms with Gasteiger partial charge < -0.3 is 5.73 Å². The quantitative estimate of drug-likeness (QED) is 0.749. The first kappa shape index (κ1) is 12.4. The maximum absolute atomic E-state index is 6.00. The van der Waals surface area contributed by atoms with Crippen LogP contribution in [0, 0.1) is 6.92 Å². The fourth-order valence-corrected chi connectivity index (χ4v) is 3.40. The molecule has 0 amide bonds. The zero-order valence-corrected chi connectivity index (χ0v) is 12.0. The number of aromatic nitrogens is 3. The van der Waals surface area contributed by atoms with E-state index in [1.54, 1.807) is 11.8 Å². The molecule has 4 nitrogen and oxygen atoms in total. The fourth-order valence-electron chi connectivity index (χ4n) is 1.77. The molecule has 6 heteroatoms. The highest BCUT2D eigenvalue weighted by Gasteiger charge is 2.07. The highest BCUT2D eigenvalue weighted by Crippen LogP contribution is 2.27. The van der Waals surface area contributed by atoms with Crippen LogP contribution in [0.25, 0.3) is 10.9 Å². The molecule has 0 unspecified atom stereocenters. The Morgan fingerprint density at radius 3 is 2.89 bits per heavy atom. The molecular weight excluding hydrogens is 276 g/mol. The molecule has 2 N–H and O–H groups in total. The number of aryl methyl sites for hydroxylation is 1. The second kappa shape index (κ2) is 5.14. The molecule has 0 aliphatic rings. The van der Waals surface area contributed by atoms with Crippen molar-refractivity contribution in [1.29, 1.82) is 0 Å². The standard InChI is InChI=1S/C13H12N4S2/c1-8-15-13(19-17-8)18-7-10-6-9-4-2-3-5-11(9)16-12(10)14/h2-6H,7H2,1H3,(H2,14,16). The predicted octanol–water partition coefficient (Wildman–Crippen LogP) is 3.27. The monoisotopic (exact) mass is 288 g/mol. The van der Waals surface area contributed by atoms with Gasteiger partial charge in [0.05, 0.1) is 5.52 Å². The number of hydrogen-bond donors (Lipinski definition) is 1. The first-order valence-electron chi connectivity index (χ1n) is 5.79. The third kappa shape index (κ3) is 2.69. The van der Waals surface area contributed by atoms with Gasteiger partial charge >= 0.3 is 0 Å². The van der Waals surface area contributed by atoms with Crippen LogP contribution in [0.2, 0.25) is 0 Å². The lowest BCUT2D eigenvalue weighted by molar-refractivity contribution is 1.10. The number of hydrogen-bond acceptors (Lipinski definition) is 6. The van der Waals surface area contributed by atoms with E-state index in [2.05, 4.69) is 20.4 Å². The number of thioether (sulfide) groups is 1. The molecule has 0 radical (unpaired) electrons. The maximum Gasteiger partial charge on any atom is 0.170 e. The molecule has 0 aliphatic carbocycles. The summed E-state index contributed by atoms with van der Waals surface area (Å²) >= 11 is 3.06. The molecule has 3 aromatic rings. The van der Waals surface area contributed by atoms with Crippen LogP contribution in [0.3, 0.4) is 0 Å². The van der Waals surface area contributed by atoms with Crippen LogP contribution in [-0.2, 0) is 5.75 Å². The Kier molecular flexibility index (Phi) is 3.35. The van der Waals surface area contributed by atoms with Crippen LogP contribution >= 0.6 is 23.3 Å². The van der Waals surface area contributed by atoms with E-state index < -0.39 is 0 Å². The average Bonchev–Trinajstić information content (AvgIpc) is 2.82. The Labute approximate surface area is 119 Å². The smallest absolute Gasteiger partial charge is 0.170 e. The number of nitrogens with two attached hydrogens (primary N) is 1. The van der Waals surface area contributed by atoms with E-state index in [-0.39, 0.29) is 0 Å². The second-order valence-corrected chi connectivity index (χ2v) is 6.10. The number of nitrogens with zero attached hydrogens (tertiary/aromatic N) is 3. The number of pyridine rings is 1. The number of rotatable bonds is 3. The summed E-state index contributed by atoms with van der Waals surface area (Å²) in [6.07, 6.45) is 0. The zero-order valence-electron chi connectivity index (χ0n) is 10.3. The van der Waals surface area contributed by atoms with E-state index in [4.69, 9.17) is 5.73 Å². The predicted molar refractivity (Wildman–Crippen MR) is 80.4 cm³/mol. The summed E-state index contributed by atoms with van der Waals surface area (Å²) in [5.74, 6) is 2.17. The number of para-hydroxylation sites is 1. The molecule has 1 aromatic carbocycles. The summed E-state index contributed by atoms with van der Waals surface area (Å²) in [5, 5.41) is 1.11. The summed E-state index contributed by atoms with van der Waals surface area (Å²) < 4.78 is 5.13. The van der Waals surface area contributed by atoms with Gasteiger partial charge in [-0.15, -0.1) is 0 Å². The van der Waals surface area contributed by atoms with Crippen LogP contribution in [-0.4, -0.2) is 14.3 Å². The van der Waals surface area contributed by atoms with Gasteiger partial charge in [-0.25, -0.2) is 9.97 Å². The highest BCUT2D eigenvalue weighted by molar-refractivity contribution is 8.00. The van der Waals surface area contributed by atoms with Crippen molar-refractivity contribution in [3.05, 3.63) is 41.7 Å². The van der Waals surface area contributed by atoms with E-state index in [1.807, 2.05) is 31.2 Å². The average molecular weight is 288 g/mol. The van der Waals surface area contributed by atoms with E-state index in [0.717, 1.165) is 32.4 Å². The largest absolute Gasteiger partial charge is 0.383 e. The molecule has 3 rings (SSSR count). The zero-order chi connectivity index (χ0) is 13.2. The molecule has 0 saturated carbocycles. The summed E-state index contributed by atoms with van der Waals surface area (Å²) in [6.45, 7) is 1.90. The lowest BCUT2D eigenvalue weighted by Crippen LogP contribution is -1.97. The Morgan fingerprint density at radius 2 is 2.11 bits per heavy atom. The van der Waals surface area contributed by atoms with Gasteiger partial charge in [0.1, 0.15) is 11.6 Å². The van der Waals surface area contributed by atoms with Crippen molar-refractivity contribution in [3.63, 3.8) is 0 Å². The number of fused-ring (bicyclic) bond motifs is 1. The molecule has 0 fully saturated rings. The minimum absolute atomic E-state index is 0.590. The van der Waals surface area contributed by atoms with Crippen molar-refractivity contribution in [2.45, 2.75) is 17.0 Å². The SMILES string of the molecule is Cc1nsc(SCc2cc3ccccc3nc2N)n1. The van der Waals surface area contributed by atoms with Crippen molar-refractivity contribution >= 4 is 40.0 Å². The van der Waals surface area contributed by atoms with E-state index in [0.29, 0.717) is 5.82 Å². The van der Waals surface area contributed by atoms with E-state index in [1.165, 1.54) is 11.5 Å². The molecule has 2 heterocycles. The normalized spacial score (nSPS) is 11.0. The molecule has 19 heavy (non-hydrogen) atoms. The summed E-state index contributed by atoms with van der Waals surface area (Å²) in [6, 6.07) is 10.1. The van der Waals surface area contributed by atoms with Crippen LogP contribution in [0.15, 0.2) is 34.7 Å². The van der Waals surface area contributed by atoms with Crippen LogP contribution in [0.1, 0.15) is 11.4 Å². The molecule has 0 bridgehead atoms. The molecule has 0 saturated heterocycles. The van der Waals surface area contributed by atoms with Gasteiger partial charge in [0.2, 0.25) is 0 Å². The van der Waals surface area contributed by atoms with Crippen LogP contribution in [0.4, 0.5) is 5.82 Å². The molecular formula is C13H12N4S2. The van der Waals surface area contributed by atoms with Gasteiger partial charge in [-0.2, -0.15) is 4.37 Å². The summed E-state index contributed by atoms with van der Waals surface area (Å²) in [7, 11) is 0. The minimum Gasteiger partial charge on any atom is -0.383 e. The number of nitrogen functional groups attached to an aromatic ring is 1. The topological polar surface area (TPSA) is 64.7 Å². The molecule has 0 aliphatic heterocycles. The van der Waals surface area contributed by atoms with E-state index >= 15 is 0 Å². The molecule has 0 atom stereocenters. The Bertz CT molecular complexity index is 723. The fraction of sp³-hybridized carbons (Fsp3) is 0.154. The van der Waals surface area contributed by atoms with Crippen molar-refractivity contribution < 1.29 is 0 Å². The van der Waals surface area contributed by atoms with Gasteiger partial charge in [0, 0.05) is 16.7 Å². The van der Waals surface area contributed by atoms with Crippen molar-refractivity contribution in [2.24, 2.45) is 0 Å². The van der Waals surface area contributed by atoms with Gasteiger partial charge in [0.15, 0.2) is 4.34 Å². The first-order chi connectivity index (χ1) is 9.22. The summed E-state index contributed by atoms with van der Waals surface area (Å²) in [5.41, 5.74) is 7.97. The summed E-state index contributed by atoms with van der Waals surface area (Å²) in [4.78, 5) is 8.75. The highest BCUT2D eigenvalue weighted by atomic mass is 32.2. The number of anilines is 1.